The van der Waals surface area contributed by atoms with E-state index in [4.69, 9.17) is 17.0 Å². The summed E-state index contributed by atoms with van der Waals surface area (Å²) >= 11 is -4.90. The first-order valence-electron chi connectivity index (χ1n) is 19.6. The van der Waals surface area contributed by atoms with Crippen molar-refractivity contribution >= 4 is 35.1 Å². The van der Waals surface area contributed by atoms with Crippen molar-refractivity contribution in [3.8, 4) is 0 Å². The summed E-state index contributed by atoms with van der Waals surface area (Å²) in [6.45, 7) is 5.08. The van der Waals surface area contributed by atoms with Gasteiger partial charge in [-0.2, -0.15) is 0 Å². The molecule has 4 aromatic rings. The minimum absolute atomic E-state index is 0.181. The summed E-state index contributed by atoms with van der Waals surface area (Å²) in [5.74, 6) is -0.474. The number of halogens is 2. The Morgan fingerprint density at radius 1 is 0.520 bits per heavy atom. The summed E-state index contributed by atoms with van der Waals surface area (Å²) in [5, 5.41) is 0. The molecule has 0 amide bonds. The number of allylic oxidation sites excluding steroid dienone is 2. The third kappa shape index (κ3) is 6.27. The molecule has 2 unspecified atom stereocenters. The number of hydrogen-bond donors (Lipinski definition) is 0. The molecule has 0 heterocycles. The molecule has 2 fully saturated rings. The van der Waals surface area contributed by atoms with Crippen LogP contribution in [0.1, 0.15) is 116 Å². The number of fused-ring (bicyclic) bond motifs is 2. The van der Waals surface area contributed by atoms with Crippen LogP contribution in [0.15, 0.2) is 108 Å². The molecule has 0 aliphatic heterocycles. The van der Waals surface area contributed by atoms with E-state index in [0.29, 0.717) is 11.8 Å². The fourth-order valence-electron chi connectivity index (χ4n) is 10.6. The molecule has 4 aromatic carbocycles. The molecule has 259 valence electrons. The molecule has 2 atom stereocenters. The Balaban J connectivity index is 1.32. The molecule has 8 rings (SSSR count). The van der Waals surface area contributed by atoms with Gasteiger partial charge in [-0.15, -0.1) is 0 Å². The molecule has 4 aliphatic carbocycles. The number of hydrogen-bond acceptors (Lipinski definition) is 0. The molecule has 0 aromatic heterocycles. The zero-order valence-electron chi connectivity index (χ0n) is 30.0. The van der Waals surface area contributed by atoms with E-state index in [0.717, 1.165) is 12.8 Å². The monoisotopic (exact) mass is 793 g/mol. The summed E-state index contributed by atoms with van der Waals surface area (Å²) in [4.78, 5) is 0. The van der Waals surface area contributed by atoms with Gasteiger partial charge in [0.2, 0.25) is 0 Å². The van der Waals surface area contributed by atoms with Gasteiger partial charge in [0, 0.05) is 0 Å². The Morgan fingerprint density at radius 2 is 0.920 bits per heavy atom. The molecular weight excluding hydrogens is 743 g/mol. The standard InChI is InChI=1S/2C22H23.C2H7Si.2ClH.Zr/c2*1-3-8-17(9-4-1)14-19-12-7-13-20-15-21(16-22(19)20)18-10-5-2-6-11-18;1-3-2;;;/h2*1,3-4,7-9,12-13,15-16,18H,2,5-6,10-11,14H2;3H,1-2H3;2*1H;/q;;;;;+2/p-2. The van der Waals surface area contributed by atoms with E-state index in [1.165, 1.54) is 109 Å². The van der Waals surface area contributed by atoms with E-state index < -0.39 is 21.5 Å². The van der Waals surface area contributed by atoms with Gasteiger partial charge >= 0.3 is 313 Å². The Morgan fingerprint density at radius 3 is 1.30 bits per heavy atom. The Labute approximate surface area is 310 Å². The van der Waals surface area contributed by atoms with Gasteiger partial charge in [0.05, 0.1) is 0 Å². The van der Waals surface area contributed by atoms with Crippen LogP contribution in [0.25, 0.3) is 12.2 Å². The quantitative estimate of drug-likeness (QED) is 0.148. The van der Waals surface area contributed by atoms with Crippen molar-refractivity contribution in [2.45, 2.75) is 97.4 Å². The summed E-state index contributed by atoms with van der Waals surface area (Å²) in [6, 6.07) is 36.3. The van der Waals surface area contributed by atoms with E-state index in [9.17, 15) is 0 Å². The summed E-state index contributed by atoms with van der Waals surface area (Å²) in [5.41, 5.74) is 14.7. The zero-order valence-corrected chi connectivity index (χ0v) is 35.1. The van der Waals surface area contributed by atoms with Crippen LogP contribution >= 0.6 is 17.0 Å². The summed E-state index contributed by atoms with van der Waals surface area (Å²) < 4.78 is 0.363. The fraction of sp³-hybridized carbons (Fsp3) is 0.391. The fourth-order valence-corrected chi connectivity index (χ4v) is 41.6. The molecule has 0 spiro atoms. The predicted molar refractivity (Wildman–Crippen MR) is 217 cm³/mol. The van der Waals surface area contributed by atoms with E-state index in [2.05, 4.69) is 122 Å². The molecule has 2 saturated carbocycles. The van der Waals surface area contributed by atoms with Crippen LogP contribution in [-0.4, -0.2) is 5.92 Å². The molecule has 50 heavy (non-hydrogen) atoms. The van der Waals surface area contributed by atoms with Gasteiger partial charge in [0.1, 0.15) is 0 Å². The second kappa shape index (κ2) is 14.5. The van der Waals surface area contributed by atoms with Gasteiger partial charge in [-0.1, -0.05) is 0 Å². The van der Waals surface area contributed by atoms with Crippen molar-refractivity contribution in [1.29, 1.82) is 0 Å². The van der Waals surface area contributed by atoms with E-state index >= 15 is 0 Å². The second-order valence-electron chi connectivity index (χ2n) is 16.4. The molecule has 0 saturated heterocycles. The molecule has 0 nitrogen and oxygen atoms in total. The van der Waals surface area contributed by atoms with Gasteiger partial charge in [-0.3, -0.25) is 0 Å². The van der Waals surface area contributed by atoms with Crippen molar-refractivity contribution in [2.75, 3.05) is 0 Å². The Bertz CT molecular complexity index is 1760. The van der Waals surface area contributed by atoms with E-state index in [1.54, 1.807) is 11.1 Å². The number of benzene rings is 4. The van der Waals surface area contributed by atoms with Gasteiger partial charge in [0.15, 0.2) is 0 Å². The van der Waals surface area contributed by atoms with Gasteiger partial charge < -0.3 is 0 Å². The maximum atomic E-state index is 9.01. The van der Waals surface area contributed by atoms with Crippen LogP contribution in [0.4, 0.5) is 0 Å². The zero-order chi connectivity index (χ0) is 34.3. The van der Waals surface area contributed by atoms with Gasteiger partial charge in [0.25, 0.3) is 0 Å². The van der Waals surface area contributed by atoms with Gasteiger partial charge in [-0.25, -0.2) is 0 Å². The van der Waals surface area contributed by atoms with E-state index in [-0.39, 0.29) is 7.25 Å². The Kier molecular flexibility index (Phi) is 10.1. The molecule has 4 aliphatic rings. The third-order valence-corrected chi connectivity index (χ3v) is 64.9. The SMILES string of the molecule is C[SiH](C)[Zr]([Cl])([Cl])([CH]1C(C2CCCCC2)=Cc2c(Cc3ccccc3)cccc21)[CH]1C(C2CCCCC2)=Cc2c(Cc3ccccc3)cccc21. The minimum atomic E-state index is -4.90. The third-order valence-electron chi connectivity index (χ3n) is 13.2. The van der Waals surface area contributed by atoms with Gasteiger partial charge in [-0.05, 0) is 0 Å². The normalized spacial score (nSPS) is 22.1. The van der Waals surface area contributed by atoms with Crippen LogP contribution in [-0.2, 0) is 28.4 Å². The van der Waals surface area contributed by atoms with Crippen LogP contribution < -0.4 is 0 Å². The van der Waals surface area contributed by atoms with Crippen molar-refractivity contribution in [3.05, 3.63) is 153 Å². The predicted octanol–water partition coefficient (Wildman–Crippen LogP) is 13.6. The van der Waals surface area contributed by atoms with Crippen molar-refractivity contribution in [1.82, 2.24) is 0 Å². The molecule has 4 heteroatoms. The van der Waals surface area contributed by atoms with Crippen molar-refractivity contribution < 1.29 is 15.6 Å². The first-order valence-corrected chi connectivity index (χ1v) is 36.0. The topological polar surface area (TPSA) is 0 Å². The van der Waals surface area contributed by atoms with E-state index in [1.807, 2.05) is 0 Å². The number of rotatable bonds is 9. The average molecular weight is 796 g/mol. The average Bonchev–Trinajstić information content (AvgIpc) is 3.76. The van der Waals surface area contributed by atoms with Crippen molar-refractivity contribution in [2.24, 2.45) is 11.8 Å². The summed E-state index contributed by atoms with van der Waals surface area (Å²) in [7, 11) is 18.0. The molecule has 0 radical (unpaired) electrons. The molecule has 0 N–H and O–H groups in total. The first-order chi connectivity index (χ1) is 24.3. The first kappa shape index (κ1) is 35.1. The molecule has 0 bridgehead atoms. The van der Waals surface area contributed by atoms with Crippen LogP contribution in [0.5, 0.6) is 0 Å². The molecular formula is C46H53Cl2SiZr. The maximum absolute atomic E-state index is 9.01. The second-order valence-corrected chi connectivity index (χ2v) is 58.9. The Hall–Kier alpha value is -1.96. The summed E-state index contributed by atoms with van der Waals surface area (Å²) in [6.07, 6.45) is 20.3. The van der Waals surface area contributed by atoms with Crippen LogP contribution in [0.3, 0.4) is 0 Å². The van der Waals surface area contributed by atoms with Crippen molar-refractivity contribution in [3.63, 3.8) is 0 Å². The van der Waals surface area contributed by atoms with Crippen LogP contribution in [0.2, 0.25) is 13.1 Å². The van der Waals surface area contributed by atoms with Crippen LogP contribution in [0, 0.1) is 11.8 Å².